The van der Waals surface area contributed by atoms with Crippen molar-refractivity contribution in [2.45, 2.75) is 78.6 Å². The summed E-state index contributed by atoms with van der Waals surface area (Å²) >= 11 is 0. The van der Waals surface area contributed by atoms with Gasteiger partial charge in [0.05, 0.1) is 0 Å². The highest BCUT2D eigenvalue weighted by Crippen LogP contribution is 2.29. The molecule has 0 fully saturated rings. The summed E-state index contributed by atoms with van der Waals surface area (Å²) in [5.41, 5.74) is 0. The normalized spacial score (nSPS) is 15.2. The molecule has 7 heteroatoms. The molecule has 0 aromatic heterocycles. The lowest BCUT2D eigenvalue weighted by atomic mass is 11.8. The van der Waals surface area contributed by atoms with E-state index in [9.17, 15) is 0 Å². The monoisotopic (exact) mass is 348 g/mol. The third-order valence-corrected chi connectivity index (χ3v) is 30.0. The standard InChI is InChI=1S/C12H36N2Si5/c1-15(2)13(17(5,6)7)19(11,12)14(16(3)4)18(8,9)10/h1-12H3. The van der Waals surface area contributed by atoms with Gasteiger partial charge in [-0.3, -0.25) is 0 Å². The highest BCUT2D eigenvalue weighted by molar-refractivity contribution is 7.06. The van der Waals surface area contributed by atoms with Crippen molar-refractivity contribution in [3.8, 4) is 0 Å². The Morgan fingerprint density at radius 2 is 0.737 bits per heavy atom. The van der Waals surface area contributed by atoms with E-state index >= 15 is 0 Å². The molecule has 0 aliphatic rings. The minimum atomic E-state index is -1.48. The molecule has 0 spiro atoms. The van der Waals surface area contributed by atoms with Crippen LogP contribution >= 0.6 is 0 Å². The van der Waals surface area contributed by atoms with Crippen molar-refractivity contribution in [2.75, 3.05) is 0 Å². The first-order chi connectivity index (χ1) is 8.13. The summed E-state index contributed by atoms with van der Waals surface area (Å²) in [6.45, 7) is 30.5. The van der Waals surface area contributed by atoms with Crippen molar-refractivity contribution in [2.24, 2.45) is 0 Å². The highest BCUT2D eigenvalue weighted by atomic mass is 28.5. The lowest BCUT2D eigenvalue weighted by Crippen LogP contribution is -2.77. The molecule has 0 rings (SSSR count). The summed E-state index contributed by atoms with van der Waals surface area (Å²) in [5.74, 6) is 0. The molecule has 2 radical (unpaired) electrons. The Morgan fingerprint density at radius 1 is 0.526 bits per heavy atom. The minimum absolute atomic E-state index is 0.371. The summed E-state index contributed by atoms with van der Waals surface area (Å²) in [4.78, 5) is 0. The summed E-state index contributed by atoms with van der Waals surface area (Å²) in [5, 5.41) is 0. The average Bonchev–Trinajstić information content (AvgIpc) is 1.90. The Labute approximate surface area is 129 Å². The second-order valence-electron chi connectivity index (χ2n) is 8.40. The molecule has 0 bridgehead atoms. The third-order valence-electron chi connectivity index (χ3n) is 3.33. The van der Waals surface area contributed by atoms with Gasteiger partial charge in [0.1, 0.15) is 34.4 Å². The summed E-state index contributed by atoms with van der Waals surface area (Å²) in [7, 11) is -4.69. The lowest BCUT2D eigenvalue weighted by Gasteiger charge is -2.57. The van der Waals surface area contributed by atoms with E-state index < -0.39 is 24.9 Å². The van der Waals surface area contributed by atoms with Gasteiger partial charge in [-0.25, -0.2) is 0 Å². The predicted octanol–water partition coefficient (Wildman–Crippen LogP) is 4.46. The van der Waals surface area contributed by atoms with Crippen molar-refractivity contribution in [3.63, 3.8) is 0 Å². The molecule has 0 unspecified atom stereocenters. The first-order valence-electron chi connectivity index (χ1n) is 7.34. The summed E-state index contributed by atoms with van der Waals surface area (Å²) in [6.07, 6.45) is 0. The van der Waals surface area contributed by atoms with E-state index in [1.54, 1.807) is 0 Å². The molecule has 0 saturated carbocycles. The third kappa shape index (κ3) is 5.04. The molecule has 0 N–H and O–H groups in total. The van der Waals surface area contributed by atoms with E-state index in [1.165, 1.54) is 0 Å². The van der Waals surface area contributed by atoms with Crippen LogP contribution in [0.5, 0.6) is 0 Å². The molecule has 2 nitrogen and oxygen atoms in total. The zero-order valence-electron chi connectivity index (χ0n) is 15.4. The zero-order valence-corrected chi connectivity index (χ0v) is 20.4. The summed E-state index contributed by atoms with van der Waals surface area (Å²) < 4.78 is 6.14. The second-order valence-corrected chi connectivity index (χ2v) is 29.2. The van der Waals surface area contributed by atoms with Gasteiger partial charge < -0.3 is 7.79 Å². The van der Waals surface area contributed by atoms with Crippen molar-refractivity contribution in [1.82, 2.24) is 7.79 Å². The van der Waals surface area contributed by atoms with E-state index in [1.807, 2.05) is 0 Å². The number of hydrogen-bond acceptors (Lipinski definition) is 2. The molecule has 0 saturated heterocycles. The fourth-order valence-electron chi connectivity index (χ4n) is 4.18. The van der Waals surface area contributed by atoms with E-state index in [4.69, 9.17) is 0 Å². The Bertz CT molecular complexity index is 263. The molecule has 0 heterocycles. The van der Waals surface area contributed by atoms with Crippen molar-refractivity contribution in [3.05, 3.63) is 0 Å². The van der Waals surface area contributed by atoms with Gasteiger partial charge in [-0.2, -0.15) is 0 Å². The second kappa shape index (κ2) is 6.41. The molecule has 0 atom stereocenters. The van der Waals surface area contributed by atoms with Gasteiger partial charge in [0.2, 0.25) is 0 Å². The molecule has 0 amide bonds. The van der Waals surface area contributed by atoms with E-state index in [2.05, 4.69) is 86.4 Å². The Balaban J connectivity index is 5.75. The first-order valence-corrected chi connectivity index (χ1v) is 22.0. The quantitative estimate of drug-likeness (QED) is 0.654. The SMILES string of the molecule is C[Si](C)N([Si](C)(C)C)[Si](C)(C)N([Si](C)C)[Si](C)(C)C. The molecular weight excluding hydrogens is 313 g/mol. The van der Waals surface area contributed by atoms with E-state index in [-0.39, 0.29) is 17.9 Å². The lowest BCUT2D eigenvalue weighted by molar-refractivity contribution is 0.784. The van der Waals surface area contributed by atoms with Gasteiger partial charge in [-0.05, 0) is 13.1 Å². The van der Waals surface area contributed by atoms with E-state index in [0.29, 0.717) is 0 Å². The van der Waals surface area contributed by atoms with Crippen LogP contribution in [0.25, 0.3) is 0 Å². The Morgan fingerprint density at radius 3 is 0.842 bits per heavy atom. The van der Waals surface area contributed by atoms with Crippen LogP contribution < -0.4 is 0 Å². The topological polar surface area (TPSA) is 6.48 Å². The molecule has 114 valence electrons. The Hall–Kier alpha value is 1.00. The molecular formula is C12H36N2Si5. The van der Waals surface area contributed by atoms with Crippen LogP contribution in [0.4, 0.5) is 0 Å². The highest BCUT2D eigenvalue weighted by Gasteiger charge is 2.48. The van der Waals surface area contributed by atoms with Crippen molar-refractivity contribution >= 4 is 42.8 Å². The van der Waals surface area contributed by atoms with Crippen molar-refractivity contribution in [1.29, 1.82) is 0 Å². The van der Waals surface area contributed by atoms with Crippen LogP contribution in [-0.4, -0.2) is 50.6 Å². The van der Waals surface area contributed by atoms with Crippen molar-refractivity contribution < 1.29 is 0 Å². The molecule has 0 aliphatic carbocycles. The van der Waals surface area contributed by atoms with Crippen LogP contribution in [0.1, 0.15) is 0 Å². The van der Waals surface area contributed by atoms with Gasteiger partial charge in [-0.15, -0.1) is 0 Å². The molecule has 0 aromatic carbocycles. The maximum absolute atomic E-state index is 3.07. The predicted molar refractivity (Wildman–Crippen MR) is 103 cm³/mol. The number of nitrogens with zero attached hydrogens (tertiary/aromatic N) is 2. The van der Waals surface area contributed by atoms with Gasteiger partial charge in [-0.1, -0.05) is 65.5 Å². The minimum Gasteiger partial charge on any atom is -0.358 e. The smallest absolute Gasteiger partial charge is 0.173 e. The average molecular weight is 349 g/mol. The maximum atomic E-state index is 3.07. The molecule has 0 aliphatic heterocycles. The van der Waals surface area contributed by atoms with E-state index in [0.717, 1.165) is 0 Å². The van der Waals surface area contributed by atoms with Gasteiger partial charge in [0, 0.05) is 0 Å². The maximum Gasteiger partial charge on any atom is 0.173 e. The zero-order chi connectivity index (χ0) is 15.8. The summed E-state index contributed by atoms with van der Waals surface area (Å²) in [6, 6.07) is 0. The molecule has 19 heavy (non-hydrogen) atoms. The van der Waals surface area contributed by atoms with Crippen LogP contribution in [0.15, 0.2) is 0 Å². The fourth-order valence-corrected chi connectivity index (χ4v) is 39.4. The van der Waals surface area contributed by atoms with Gasteiger partial charge in [0.25, 0.3) is 0 Å². The largest absolute Gasteiger partial charge is 0.358 e. The fraction of sp³-hybridized carbons (Fsp3) is 1.00. The van der Waals surface area contributed by atoms with Crippen LogP contribution in [-0.2, 0) is 0 Å². The van der Waals surface area contributed by atoms with Gasteiger partial charge >= 0.3 is 0 Å². The number of hydrogen-bond donors (Lipinski definition) is 0. The Kier molecular flexibility index (Phi) is 6.75. The van der Waals surface area contributed by atoms with Crippen LogP contribution in [0, 0.1) is 0 Å². The van der Waals surface area contributed by atoms with Gasteiger partial charge in [0.15, 0.2) is 8.40 Å². The van der Waals surface area contributed by atoms with Crippen LogP contribution in [0.2, 0.25) is 78.6 Å². The first kappa shape index (κ1) is 20.0. The molecule has 0 aromatic rings. The van der Waals surface area contributed by atoms with Crippen LogP contribution in [0.3, 0.4) is 0 Å². The number of rotatable bonds is 6.